The molecule has 0 amide bonds. The van der Waals surface area contributed by atoms with Gasteiger partial charge in [0.2, 0.25) is 0 Å². The van der Waals surface area contributed by atoms with Crippen molar-refractivity contribution in [3.63, 3.8) is 0 Å². The molecule has 0 radical (unpaired) electrons. The lowest BCUT2D eigenvalue weighted by Crippen LogP contribution is -2.13. The normalized spacial score (nSPS) is 10.8. The highest BCUT2D eigenvalue weighted by molar-refractivity contribution is 7.15. The van der Waals surface area contributed by atoms with Crippen molar-refractivity contribution in [2.45, 2.75) is 39.7 Å². The Bertz CT molecular complexity index is 495. The molecule has 4 nitrogen and oxygen atoms in total. The largest absolute Gasteiger partial charge is 0.312 e. The molecule has 0 spiro atoms. The van der Waals surface area contributed by atoms with Crippen LogP contribution in [0.15, 0.2) is 18.6 Å². The lowest BCUT2D eigenvalue weighted by molar-refractivity contribution is 0.674. The molecule has 0 atom stereocenters. The number of aryl methyl sites for hydroxylation is 1. The summed E-state index contributed by atoms with van der Waals surface area (Å²) in [5, 5.41) is 4.43. The van der Waals surface area contributed by atoms with Gasteiger partial charge in [-0.05, 0) is 19.4 Å². The minimum atomic E-state index is 0.867. The van der Waals surface area contributed by atoms with Crippen molar-refractivity contribution in [2.75, 3.05) is 6.54 Å². The summed E-state index contributed by atoms with van der Waals surface area (Å²) in [6.07, 6.45) is 8.47. The smallest absolute Gasteiger partial charge is 0.144 e. The number of hydrogen-bond acceptors (Lipinski definition) is 5. The predicted molar refractivity (Wildman–Crippen MR) is 79.1 cm³/mol. The maximum Gasteiger partial charge on any atom is 0.144 e. The highest BCUT2D eigenvalue weighted by Crippen LogP contribution is 2.27. The number of hydrogen-bond donors (Lipinski definition) is 1. The Hall–Kier alpha value is -1.33. The Morgan fingerprint density at radius 1 is 1.21 bits per heavy atom. The van der Waals surface area contributed by atoms with E-state index in [1.54, 1.807) is 29.9 Å². The first kappa shape index (κ1) is 14.1. The molecule has 0 aliphatic heterocycles. The van der Waals surface area contributed by atoms with E-state index in [1.807, 2.05) is 0 Å². The molecule has 2 aromatic rings. The van der Waals surface area contributed by atoms with E-state index in [1.165, 1.54) is 10.6 Å². The first-order valence-electron chi connectivity index (χ1n) is 6.80. The van der Waals surface area contributed by atoms with Crippen molar-refractivity contribution in [3.8, 4) is 10.7 Å². The van der Waals surface area contributed by atoms with Crippen LogP contribution in [0.25, 0.3) is 10.7 Å². The van der Waals surface area contributed by atoms with Gasteiger partial charge in [-0.25, -0.2) is 4.98 Å². The standard InChI is InChI=1S/C14H20N4S/c1-3-5-11-13(10-15-6-4-2)19-14(18-11)12-9-16-7-8-17-12/h7-9,15H,3-6,10H2,1-2H3. The third-order valence-corrected chi connectivity index (χ3v) is 3.88. The van der Waals surface area contributed by atoms with Gasteiger partial charge in [0.05, 0.1) is 11.9 Å². The molecule has 0 aliphatic rings. The molecular formula is C14H20N4S. The Balaban J connectivity index is 2.19. The van der Waals surface area contributed by atoms with Crippen molar-refractivity contribution in [2.24, 2.45) is 0 Å². The van der Waals surface area contributed by atoms with Crippen molar-refractivity contribution in [1.82, 2.24) is 20.3 Å². The molecule has 0 bridgehead atoms. The maximum absolute atomic E-state index is 4.72. The summed E-state index contributed by atoms with van der Waals surface area (Å²) in [4.78, 5) is 14.5. The molecule has 2 aromatic heterocycles. The fourth-order valence-electron chi connectivity index (χ4n) is 1.85. The molecule has 0 fully saturated rings. The average Bonchev–Trinajstić information content (AvgIpc) is 2.84. The lowest BCUT2D eigenvalue weighted by atomic mass is 10.2. The fourth-order valence-corrected chi connectivity index (χ4v) is 2.89. The molecule has 2 rings (SSSR count). The van der Waals surface area contributed by atoms with Crippen LogP contribution >= 0.6 is 11.3 Å². The van der Waals surface area contributed by atoms with Crippen molar-refractivity contribution in [1.29, 1.82) is 0 Å². The first-order chi connectivity index (χ1) is 9.35. The van der Waals surface area contributed by atoms with Gasteiger partial charge in [-0.15, -0.1) is 11.3 Å². The number of nitrogens with one attached hydrogen (secondary N) is 1. The second kappa shape index (κ2) is 7.31. The molecule has 0 aromatic carbocycles. The van der Waals surface area contributed by atoms with Crippen molar-refractivity contribution >= 4 is 11.3 Å². The summed E-state index contributed by atoms with van der Waals surface area (Å²) in [6.45, 7) is 6.31. The summed E-state index contributed by atoms with van der Waals surface area (Å²) in [5.74, 6) is 0. The summed E-state index contributed by atoms with van der Waals surface area (Å²) >= 11 is 1.73. The Morgan fingerprint density at radius 2 is 2.11 bits per heavy atom. The van der Waals surface area contributed by atoms with Crippen LogP contribution in [0.3, 0.4) is 0 Å². The van der Waals surface area contributed by atoms with Crippen LogP contribution in [0.1, 0.15) is 37.3 Å². The monoisotopic (exact) mass is 276 g/mol. The van der Waals surface area contributed by atoms with E-state index in [4.69, 9.17) is 4.98 Å². The average molecular weight is 276 g/mol. The van der Waals surface area contributed by atoms with E-state index in [-0.39, 0.29) is 0 Å². The topological polar surface area (TPSA) is 50.7 Å². The van der Waals surface area contributed by atoms with E-state index in [9.17, 15) is 0 Å². The number of rotatable bonds is 7. The molecule has 0 unspecified atom stereocenters. The molecule has 5 heteroatoms. The minimum absolute atomic E-state index is 0.867. The molecular weight excluding hydrogens is 256 g/mol. The van der Waals surface area contributed by atoms with Gasteiger partial charge >= 0.3 is 0 Å². The van der Waals surface area contributed by atoms with Gasteiger partial charge in [0.25, 0.3) is 0 Å². The van der Waals surface area contributed by atoms with Crippen molar-refractivity contribution in [3.05, 3.63) is 29.2 Å². The number of thiazole rings is 1. The van der Waals surface area contributed by atoms with Crippen LogP contribution in [0.5, 0.6) is 0 Å². The zero-order chi connectivity index (χ0) is 13.5. The SMILES string of the molecule is CCCNCc1sc(-c2cnccn2)nc1CCC. The summed E-state index contributed by atoms with van der Waals surface area (Å²) in [6, 6.07) is 0. The van der Waals surface area contributed by atoms with Crippen LogP contribution in [0.2, 0.25) is 0 Å². The molecule has 2 heterocycles. The van der Waals surface area contributed by atoms with Gasteiger partial charge in [-0.3, -0.25) is 9.97 Å². The molecule has 102 valence electrons. The number of aromatic nitrogens is 3. The van der Waals surface area contributed by atoms with Crippen LogP contribution < -0.4 is 5.32 Å². The van der Waals surface area contributed by atoms with E-state index in [0.29, 0.717) is 0 Å². The van der Waals surface area contributed by atoms with Gasteiger partial charge in [0, 0.05) is 23.8 Å². The predicted octanol–water partition coefficient (Wildman–Crippen LogP) is 3.05. The fraction of sp³-hybridized carbons (Fsp3) is 0.500. The lowest BCUT2D eigenvalue weighted by Gasteiger charge is -2.02. The molecule has 0 saturated heterocycles. The quantitative estimate of drug-likeness (QED) is 0.790. The second-order valence-electron chi connectivity index (χ2n) is 4.41. The molecule has 0 saturated carbocycles. The van der Waals surface area contributed by atoms with Crippen LogP contribution in [-0.4, -0.2) is 21.5 Å². The van der Waals surface area contributed by atoms with E-state index < -0.39 is 0 Å². The second-order valence-corrected chi connectivity index (χ2v) is 5.49. The van der Waals surface area contributed by atoms with Crippen LogP contribution in [-0.2, 0) is 13.0 Å². The summed E-state index contributed by atoms with van der Waals surface area (Å²) < 4.78 is 0. The van der Waals surface area contributed by atoms with Gasteiger partial charge in [0.15, 0.2) is 0 Å². The molecule has 19 heavy (non-hydrogen) atoms. The van der Waals surface area contributed by atoms with Gasteiger partial charge < -0.3 is 5.32 Å². The highest BCUT2D eigenvalue weighted by atomic mass is 32.1. The zero-order valence-electron chi connectivity index (χ0n) is 11.5. The van der Waals surface area contributed by atoms with Crippen molar-refractivity contribution < 1.29 is 0 Å². The third-order valence-electron chi connectivity index (χ3n) is 2.76. The van der Waals surface area contributed by atoms with Gasteiger partial charge in [-0.1, -0.05) is 20.3 Å². The van der Waals surface area contributed by atoms with E-state index >= 15 is 0 Å². The number of nitrogens with zero attached hydrogens (tertiary/aromatic N) is 3. The maximum atomic E-state index is 4.72. The van der Waals surface area contributed by atoms with E-state index in [0.717, 1.165) is 43.1 Å². The molecule has 0 aliphatic carbocycles. The van der Waals surface area contributed by atoms with Gasteiger partial charge in [0.1, 0.15) is 10.7 Å². The first-order valence-corrected chi connectivity index (χ1v) is 7.62. The van der Waals surface area contributed by atoms with Gasteiger partial charge in [-0.2, -0.15) is 0 Å². The molecule has 1 N–H and O–H groups in total. The Kier molecular flexibility index (Phi) is 5.42. The zero-order valence-corrected chi connectivity index (χ0v) is 12.3. The Morgan fingerprint density at radius 3 is 2.79 bits per heavy atom. The van der Waals surface area contributed by atoms with E-state index in [2.05, 4.69) is 29.1 Å². The summed E-state index contributed by atoms with van der Waals surface area (Å²) in [7, 11) is 0. The Labute approximate surface area is 118 Å². The van der Waals surface area contributed by atoms with Crippen LogP contribution in [0.4, 0.5) is 0 Å². The highest BCUT2D eigenvalue weighted by Gasteiger charge is 2.12. The minimum Gasteiger partial charge on any atom is -0.312 e. The third kappa shape index (κ3) is 3.81. The van der Waals surface area contributed by atoms with Crippen LogP contribution in [0, 0.1) is 0 Å². The summed E-state index contributed by atoms with van der Waals surface area (Å²) in [5.41, 5.74) is 2.07.